The zero-order valence-electron chi connectivity index (χ0n) is 16.6. The molecule has 1 atom stereocenters. The molecule has 0 spiro atoms. The van der Waals surface area contributed by atoms with Gasteiger partial charge in [0.1, 0.15) is 28.1 Å². The van der Waals surface area contributed by atoms with Gasteiger partial charge in [-0.2, -0.15) is 5.10 Å². The number of aromatic nitrogens is 5. The molecule has 1 N–H and O–H groups in total. The molecule has 1 saturated carbocycles. The second kappa shape index (κ2) is 7.16. The van der Waals surface area contributed by atoms with Gasteiger partial charge in [0, 0.05) is 18.7 Å². The van der Waals surface area contributed by atoms with Crippen molar-refractivity contribution in [1.82, 2.24) is 29.6 Å². The molecule has 4 aromatic rings. The Bertz CT molecular complexity index is 1340. The van der Waals surface area contributed by atoms with E-state index in [0.29, 0.717) is 21.8 Å². The van der Waals surface area contributed by atoms with Gasteiger partial charge in [-0.25, -0.2) is 23.1 Å². The van der Waals surface area contributed by atoms with Crippen LogP contribution in [0.4, 0.5) is 13.2 Å². The number of hydrogen-bond acceptors (Lipinski definition) is 5. The molecule has 1 aromatic carbocycles. The molecule has 0 bridgehead atoms. The summed E-state index contributed by atoms with van der Waals surface area (Å²) < 4.78 is 44.1. The van der Waals surface area contributed by atoms with Crippen LogP contribution in [-0.4, -0.2) is 42.1 Å². The second-order valence-corrected chi connectivity index (χ2v) is 9.04. The zero-order valence-corrected chi connectivity index (χ0v) is 17.5. The van der Waals surface area contributed by atoms with Gasteiger partial charge in [-0.15, -0.1) is 11.3 Å². The predicted molar refractivity (Wildman–Crippen MR) is 110 cm³/mol. The van der Waals surface area contributed by atoms with E-state index < -0.39 is 24.2 Å². The third-order valence-electron chi connectivity index (χ3n) is 5.97. The van der Waals surface area contributed by atoms with E-state index in [1.54, 1.807) is 12.1 Å². The molecule has 0 radical (unpaired) electrons. The Morgan fingerprint density at radius 1 is 1.28 bits per heavy atom. The van der Waals surface area contributed by atoms with Crippen molar-refractivity contribution in [3.05, 3.63) is 64.2 Å². The number of para-hydroxylation sites is 1. The molecular formula is C21H17F3N6OS. The summed E-state index contributed by atoms with van der Waals surface area (Å²) in [5.41, 5.74) is 1.21. The van der Waals surface area contributed by atoms with E-state index in [9.17, 15) is 18.0 Å². The molecule has 1 aliphatic carbocycles. The number of imidazole rings is 1. The largest absolute Gasteiger partial charge is 0.348 e. The van der Waals surface area contributed by atoms with Crippen molar-refractivity contribution in [2.24, 2.45) is 0 Å². The molecule has 3 aromatic heterocycles. The fraction of sp³-hybridized carbons (Fsp3) is 0.333. The number of fused-ring (bicyclic) bond motifs is 2. The Kier molecular flexibility index (Phi) is 4.36. The lowest BCUT2D eigenvalue weighted by Crippen LogP contribution is -2.41. The first kappa shape index (κ1) is 19.5. The molecule has 6 rings (SSSR count). The second-order valence-electron chi connectivity index (χ2n) is 7.98. The van der Waals surface area contributed by atoms with Crippen molar-refractivity contribution >= 4 is 27.5 Å². The van der Waals surface area contributed by atoms with Crippen molar-refractivity contribution in [2.75, 3.05) is 6.54 Å². The lowest BCUT2D eigenvalue weighted by molar-refractivity contribution is 0.0676. The van der Waals surface area contributed by atoms with Crippen LogP contribution in [0.2, 0.25) is 0 Å². The van der Waals surface area contributed by atoms with Crippen LogP contribution in [-0.2, 0) is 6.42 Å². The molecule has 1 amide bonds. The summed E-state index contributed by atoms with van der Waals surface area (Å²) in [4.78, 5) is 27.0. The summed E-state index contributed by atoms with van der Waals surface area (Å²) in [7, 11) is 0. The normalized spacial score (nSPS) is 18.5. The highest BCUT2D eigenvalue weighted by Gasteiger charge is 2.40. The number of aromatic amines is 1. The van der Waals surface area contributed by atoms with Gasteiger partial charge in [-0.05, 0) is 25.0 Å². The van der Waals surface area contributed by atoms with Gasteiger partial charge in [0.15, 0.2) is 0 Å². The van der Waals surface area contributed by atoms with Crippen molar-refractivity contribution in [2.45, 2.75) is 37.8 Å². The number of rotatable bonds is 4. The zero-order chi connectivity index (χ0) is 22.0. The minimum absolute atomic E-state index is 0.0807. The average Bonchev–Trinajstić information content (AvgIpc) is 3.18. The maximum absolute atomic E-state index is 14.3. The molecule has 4 heterocycles. The van der Waals surface area contributed by atoms with Crippen LogP contribution >= 0.6 is 11.3 Å². The van der Waals surface area contributed by atoms with Gasteiger partial charge in [0.25, 0.3) is 12.3 Å². The van der Waals surface area contributed by atoms with E-state index in [0.717, 1.165) is 18.5 Å². The van der Waals surface area contributed by atoms with Crippen LogP contribution in [0.25, 0.3) is 10.2 Å². The highest BCUT2D eigenvalue weighted by molar-refractivity contribution is 7.18. The van der Waals surface area contributed by atoms with Crippen LogP contribution in [0.3, 0.4) is 0 Å². The Hall–Kier alpha value is -3.21. The molecule has 1 fully saturated rings. The predicted octanol–water partition coefficient (Wildman–Crippen LogP) is 4.42. The summed E-state index contributed by atoms with van der Waals surface area (Å²) in [5.74, 6) is -1.00. The summed E-state index contributed by atoms with van der Waals surface area (Å²) in [6.07, 6.45) is 1.99. The van der Waals surface area contributed by atoms with E-state index in [1.165, 1.54) is 39.5 Å². The number of nitrogens with zero attached hydrogens (tertiary/aromatic N) is 5. The van der Waals surface area contributed by atoms with E-state index >= 15 is 0 Å². The fourth-order valence-electron chi connectivity index (χ4n) is 4.31. The van der Waals surface area contributed by atoms with Crippen molar-refractivity contribution in [3.8, 4) is 0 Å². The number of carbonyl (C=O) groups is 1. The first-order valence-electron chi connectivity index (χ1n) is 10.3. The molecule has 2 aliphatic rings. The Morgan fingerprint density at radius 3 is 2.88 bits per heavy atom. The van der Waals surface area contributed by atoms with E-state index in [1.807, 2.05) is 0 Å². The number of amides is 1. The number of benzene rings is 1. The van der Waals surface area contributed by atoms with Crippen molar-refractivity contribution in [3.63, 3.8) is 0 Å². The van der Waals surface area contributed by atoms with Gasteiger partial charge in [-0.3, -0.25) is 9.48 Å². The highest BCUT2D eigenvalue weighted by atomic mass is 32.1. The third-order valence-corrected chi connectivity index (χ3v) is 7.04. The van der Waals surface area contributed by atoms with Crippen molar-refractivity contribution < 1.29 is 18.0 Å². The topological polar surface area (TPSA) is 79.7 Å². The number of halogens is 3. The minimum atomic E-state index is -2.82. The smallest absolute Gasteiger partial charge is 0.280 e. The highest BCUT2D eigenvalue weighted by Crippen LogP contribution is 2.41. The van der Waals surface area contributed by atoms with E-state index in [4.69, 9.17) is 0 Å². The standard InChI is InChI=1S/C21H17F3N6OS/c22-12-2-1-3-14-15(12)28-20(32-14)18-16-13(25-9-26-16)6-7-29(18)21(31)11-8-27-30(10-4-5-10)17(11)19(23)24/h1-3,8-10,18-19H,4-7H2,(H,25,26)/t18-/m0/s1. The van der Waals surface area contributed by atoms with Crippen LogP contribution in [0.15, 0.2) is 30.7 Å². The molecule has 7 nitrogen and oxygen atoms in total. The Labute approximate surface area is 183 Å². The van der Waals surface area contributed by atoms with E-state index in [2.05, 4.69) is 20.1 Å². The number of nitrogens with one attached hydrogen (secondary N) is 1. The van der Waals surface area contributed by atoms with Gasteiger partial charge in [-0.1, -0.05) is 6.07 Å². The maximum atomic E-state index is 14.3. The Morgan fingerprint density at radius 2 is 2.12 bits per heavy atom. The van der Waals surface area contributed by atoms with Crippen LogP contribution in [0, 0.1) is 5.82 Å². The SMILES string of the molecule is O=C(c1cnn(C2CC2)c1C(F)F)N1CCc2[nH]cnc2[C@H]1c1nc2c(F)cccc2s1. The molecule has 11 heteroatoms. The number of alkyl halides is 2. The minimum Gasteiger partial charge on any atom is -0.348 e. The third kappa shape index (κ3) is 2.94. The number of carbonyl (C=O) groups excluding carboxylic acids is 1. The van der Waals surface area contributed by atoms with Crippen LogP contribution in [0.1, 0.15) is 63.8 Å². The first-order valence-corrected chi connectivity index (χ1v) is 11.1. The molecule has 1 aliphatic heterocycles. The van der Waals surface area contributed by atoms with Gasteiger partial charge in [0.05, 0.1) is 34.5 Å². The molecule has 0 unspecified atom stereocenters. The lowest BCUT2D eigenvalue weighted by atomic mass is 10.0. The average molecular weight is 458 g/mol. The Balaban J connectivity index is 1.46. The number of thiazole rings is 1. The van der Waals surface area contributed by atoms with Gasteiger partial charge in [0.2, 0.25) is 0 Å². The van der Waals surface area contributed by atoms with Crippen LogP contribution < -0.4 is 0 Å². The monoisotopic (exact) mass is 458 g/mol. The van der Waals surface area contributed by atoms with Crippen molar-refractivity contribution in [1.29, 1.82) is 0 Å². The summed E-state index contributed by atoms with van der Waals surface area (Å²) >= 11 is 1.26. The summed E-state index contributed by atoms with van der Waals surface area (Å²) in [6, 6.07) is 3.91. The number of H-pyrrole nitrogens is 1. The van der Waals surface area contributed by atoms with Gasteiger partial charge < -0.3 is 9.88 Å². The van der Waals surface area contributed by atoms with E-state index in [-0.39, 0.29) is 29.4 Å². The summed E-state index contributed by atoms with van der Waals surface area (Å²) in [5, 5.41) is 4.58. The quantitative estimate of drug-likeness (QED) is 0.491. The molecule has 164 valence electrons. The van der Waals surface area contributed by atoms with Crippen LogP contribution in [0.5, 0.6) is 0 Å². The van der Waals surface area contributed by atoms with Gasteiger partial charge >= 0.3 is 0 Å². The fourth-order valence-corrected chi connectivity index (χ4v) is 5.41. The molecule has 32 heavy (non-hydrogen) atoms. The molecule has 0 saturated heterocycles. The number of hydrogen-bond donors (Lipinski definition) is 1. The lowest BCUT2D eigenvalue weighted by Gasteiger charge is -2.33. The summed E-state index contributed by atoms with van der Waals surface area (Å²) in [6.45, 7) is 0.286. The molecular weight excluding hydrogens is 441 g/mol. The maximum Gasteiger partial charge on any atom is 0.280 e. The first-order chi connectivity index (χ1) is 15.5.